The van der Waals surface area contributed by atoms with Crippen molar-refractivity contribution >= 4 is 21.4 Å². The van der Waals surface area contributed by atoms with Crippen molar-refractivity contribution in [3.63, 3.8) is 0 Å². The Kier molecular flexibility index (Phi) is 5.94. The average molecular weight is 299 g/mol. The summed E-state index contributed by atoms with van der Waals surface area (Å²) in [5.74, 6) is -0.179. The number of aromatic nitrogens is 1. The standard InChI is InChI=1S/C13H21N3O3S/c1-4-14-12-8-10(2)16-9-11(12)13(17)15-6-5-7-20(3,18)19/h8-9H,4-7H2,1-3H3,(H,14,16)(H,15,17). The van der Waals surface area contributed by atoms with Crippen LogP contribution < -0.4 is 10.6 Å². The van der Waals surface area contributed by atoms with Gasteiger partial charge in [-0.15, -0.1) is 0 Å². The molecule has 0 saturated heterocycles. The number of sulfone groups is 1. The number of carbonyl (C=O) groups excluding carboxylic acids is 1. The average Bonchev–Trinajstić information content (AvgIpc) is 2.34. The molecule has 20 heavy (non-hydrogen) atoms. The highest BCUT2D eigenvalue weighted by atomic mass is 32.2. The summed E-state index contributed by atoms with van der Waals surface area (Å²) in [6.07, 6.45) is 3.11. The van der Waals surface area contributed by atoms with E-state index in [1.54, 1.807) is 0 Å². The maximum atomic E-state index is 12.0. The smallest absolute Gasteiger partial charge is 0.254 e. The summed E-state index contributed by atoms with van der Waals surface area (Å²) in [5.41, 5.74) is 2.03. The maximum absolute atomic E-state index is 12.0. The zero-order chi connectivity index (χ0) is 15.2. The number of rotatable bonds is 7. The first-order valence-corrected chi connectivity index (χ1v) is 8.56. The quantitative estimate of drug-likeness (QED) is 0.733. The highest BCUT2D eigenvalue weighted by Gasteiger charge is 2.12. The van der Waals surface area contributed by atoms with Crippen LogP contribution in [0, 0.1) is 6.92 Å². The Labute approximate surface area is 119 Å². The molecule has 0 aromatic carbocycles. The first-order chi connectivity index (χ1) is 9.33. The maximum Gasteiger partial charge on any atom is 0.254 e. The minimum atomic E-state index is -2.99. The van der Waals surface area contributed by atoms with E-state index in [2.05, 4.69) is 15.6 Å². The summed E-state index contributed by atoms with van der Waals surface area (Å²) < 4.78 is 22.0. The topological polar surface area (TPSA) is 88.2 Å². The number of carbonyl (C=O) groups is 1. The van der Waals surface area contributed by atoms with Gasteiger partial charge in [0.25, 0.3) is 5.91 Å². The van der Waals surface area contributed by atoms with Crippen LogP contribution in [0.3, 0.4) is 0 Å². The molecule has 0 spiro atoms. The fourth-order valence-corrected chi connectivity index (χ4v) is 2.38. The molecule has 0 atom stereocenters. The first-order valence-electron chi connectivity index (χ1n) is 6.50. The number of nitrogens with zero attached hydrogens (tertiary/aromatic N) is 1. The third-order valence-corrected chi connectivity index (χ3v) is 3.66. The lowest BCUT2D eigenvalue weighted by molar-refractivity contribution is 0.0954. The third-order valence-electron chi connectivity index (χ3n) is 2.63. The summed E-state index contributed by atoms with van der Waals surface area (Å²) in [5, 5.41) is 5.82. The second-order valence-corrected chi connectivity index (χ2v) is 6.90. The van der Waals surface area contributed by atoms with Crippen molar-refractivity contribution in [1.29, 1.82) is 0 Å². The van der Waals surface area contributed by atoms with Crippen molar-refractivity contribution in [3.8, 4) is 0 Å². The molecule has 1 aromatic heterocycles. The SMILES string of the molecule is CCNc1cc(C)ncc1C(=O)NCCCS(C)(=O)=O. The van der Waals surface area contributed by atoms with Crippen molar-refractivity contribution in [2.75, 3.05) is 30.4 Å². The molecule has 0 bridgehead atoms. The largest absolute Gasteiger partial charge is 0.385 e. The normalized spacial score (nSPS) is 11.2. The van der Waals surface area contributed by atoms with E-state index in [1.165, 1.54) is 12.5 Å². The van der Waals surface area contributed by atoms with E-state index >= 15 is 0 Å². The molecule has 0 aliphatic carbocycles. The van der Waals surface area contributed by atoms with E-state index in [9.17, 15) is 13.2 Å². The van der Waals surface area contributed by atoms with Gasteiger partial charge in [-0.3, -0.25) is 9.78 Å². The van der Waals surface area contributed by atoms with E-state index in [4.69, 9.17) is 0 Å². The van der Waals surface area contributed by atoms with Crippen molar-refractivity contribution in [3.05, 3.63) is 23.5 Å². The van der Waals surface area contributed by atoms with Crippen LogP contribution in [-0.2, 0) is 9.84 Å². The molecule has 112 valence electrons. The third kappa shape index (κ3) is 5.56. The van der Waals surface area contributed by atoms with Gasteiger partial charge in [-0.1, -0.05) is 0 Å². The Morgan fingerprint density at radius 1 is 1.40 bits per heavy atom. The lowest BCUT2D eigenvalue weighted by Gasteiger charge is -2.11. The van der Waals surface area contributed by atoms with Crippen molar-refractivity contribution in [2.45, 2.75) is 20.3 Å². The van der Waals surface area contributed by atoms with Gasteiger partial charge in [0.1, 0.15) is 9.84 Å². The van der Waals surface area contributed by atoms with Gasteiger partial charge in [-0.2, -0.15) is 0 Å². The molecule has 2 N–H and O–H groups in total. The van der Waals surface area contributed by atoms with Gasteiger partial charge in [0.05, 0.1) is 17.0 Å². The van der Waals surface area contributed by atoms with Gasteiger partial charge < -0.3 is 10.6 Å². The Bertz CT molecular complexity index is 570. The molecule has 0 unspecified atom stereocenters. The van der Waals surface area contributed by atoms with Crippen LogP contribution >= 0.6 is 0 Å². The Morgan fingerprint density at radius 2 is 2.10 bits per heavy atom. The second-order valence-electron chi connectivity index (χ2n) is 4.64. The van der Waals surface area contributed by atoms with E-state index in [0.717, 1.165) is 11.4 Å². The van der Waals surface area contributed by atoms with Gasteiger partial charge in [0, 0.05) is 31.2 Å². The molecular weight excluding hydrogens is 278 g/mol. The van der Waals surface area contributed by atoms with Crippen molar-refractivity contribution in [2.24, 2.45) is 0 Å². The highest BCUT2D eigenvalue weighted by molar-refractivity contribution is 7.90. The van der Waals surface area contributed by atoms with Gasteiger partial charge in [-0.05, 0) is 26.3 Å². The van der Waals surface area contributed by atoms with Crippen molar-refractivity contribution in [1.82, 2.24) is 10.3 Å². The molecular formula is C13H21N3O3S. The van der Waals surface area contributed by atoms with Gasteiger partial charge in [0.2, 0.25) is 0 Å². The molecule has 0 fully saturated rings. The number of amides is 1. The van der Waals surface area contributed by atoms with E-state index in [1.807, 2.05) is 19.9 Å². The number of nitrogens with one attached hydrogen (secondary N) is 2. The molecule has 7 heteroatoms. The van der Waals surface area contributed by atoms with Crippen LogP contribution in [0.15, 0.2) is 12.3 Å². The molecule has 0 saturated carbocycles. The number of anilines is 1. The number of hydrogen-bond donors (Lipinski definition) is 2. The Morgan fingerprint density at radius 3 is 2.70 bits per heavy atom. The van der Waals surface area contributed by atoms with E-state index in [-0.39, 0.29) is 11.7 Å². The summed E-state index contributed by atoms with van der Waals surface area (Å²) in [6.45, 7) is 4.83. The zero-order valence-electron chi connectivity index (χ0n) is 12.1. The Hall–Kier alpha value is -1.63. The van der Waals surface area contributed by atoms with Crippen LogP contribution in [0.4, 0.5) is 5.69 Å². The van der Waals surface area contributed by atoms with Gasteiger partial charge in [0.15, 0.2) is 0 Å². The molecule has 1 heterocycles. The van der Waals surface area contributed by atoms with Crippen LogP contribution in [0.2, 0.25) is 0 Å². The number of hydrogen-bond acceptors (Lipinski definition) is 5. The lowest BCUT2D eigenvalue weighted by Crippen LogP contribution is -2.27. The molecule has 0 aliphatic heterocycles. The summed E-state index contributed by atoms with van der Waals surface area (Å²) in [4.78, 5) is 16.1. The minimum Gasteiger partial charge on any atom is -0.385 e. The zero-order valence-corrected chi connectivity index (χ0v) is 12.9. The molecule has 1 aromatic rings. The number of pyridine rings is 1. The van der Waals surface area contributed by atoms with Crippen LogP contribution in [0.1, 0.15) is 29.4 Å². The van der Waals surface area contributed by atoms with Crippen molar-refractivity contribution < 1.29 is 13.2 Å². The van der Waals surface area contributed by atoms with E-state index in [0.29, 0.717) is 25.1 Å². The monoisotopic (exact) mass is 299 g/mol. The molecule has 1 rings (SSSR count). The summed E-state index contributed by atoms with van der Waals surface area (Å²) >= 11 is 0. The lowest BCUT2D eigenvalue weighted by atomic mass is 10.2. The fourth-order valence-electron chi connectivity index (χ4n) is 1.71. The van der Waals surface area contributed by atoms with Crippen LogP contribution in [0.5, 0.6) is 0 Å². The van der Waals surface area contributed by atoms with Gasteiger partial charge in [-0.25, -0.2) is 8.42 Å². The summed E-state index contributed by atoms with van der Waals surface area (Å²) in [7, 11) is -2.99. The summed E-state index contributed by atoms with van der Waals surface area (Å²) in [6, 6.07) is 1.81. The Balaban J connectivity index is 2.63. The van der Waals surface area contributed by atoms with Crippen LogP contribution in [0.25, 0.3) is 0 Å². The molecule has 0 aliphatic rings. The highest BCUT2D eigenvalue weighted by Crippen LogP contribution is 2.15. The first kappa shape index (κ1) is 16.4. The van der Waals surface area contributed by atoms with Gasteiger partial charge >= 0.3 is 0 Å². The molecule has 6 nitrogen and oxygen atoms in total. The van der Waals surface area contributed by atoms with E-state index < -0.39 is 9.84 Å². The predicted octanol–water partition coefficient (Wildman–Crippen LogP) is 0.986. The second kappa shape index (κ2) is 7.23. The fraction of sp³-hybridized carbons (Fsp3) is 0.538. The minimum absolute atomic E-state index is 0.0689. The molecule has 1 amide bonds. The predicted molar refractivity (Wildman–Crippen MR) is 79.8 cm³/mol. The van der Waals surface area contributed by atoms with Crippen LogP contribution in [-0.4, -0.2) is 44.4 Å². The molecule has 0 radical (unpaired) electrons. The number of aryl methyl sites for hydroxylation is 1.